The molecular formula is C84H80BN3SSi. The number of hydrogen-bond acceptors (Lipinski definition) is 4. The molecule has 11 aromatic carbocycles. The van der Waals surface area contributed by atoms with Gasteiger partial charge in [0.15, 0.2) is 8.07 Å². The molecule has 0 N–H and O–H groups in total. The van der Waals surface area contributed by atoms with Crippen molar-refractivity contribution >= 4 is 124 Å². The Balaban J connectivity index is 1.15. The predicted molar refractivity (Wildman–Crippen MR) is 394 cm³/mol. The second-order valence-corrected chi connectivity index (χ2v) is 33.9. The Bertz CT molecular complexity index is 4510. The molecule has 0 amide bonds. The number of fused-ring (bicyclic) bond motifs is 6. The SMILES string of the molecule is CC(C)(C)c1ccc(N(c2ccc3c(c2)N(c2ccc(C(C)(C)C)cc2)c2cc([Si](c4ccccc4)(c4ccccc4)c4ccccc4)cc4c2B3c2sc3ccc(C(C)(C)C)cc3c2N4c2ccc(C(C)(C)C)cc2)c2ccccc2-c2ccccc2)cc1. The molecule has 3 heterocycles. The van der Waals surface area contributed by atoms with E-state index in [4.69, 9.17) is 0 Å². The quantitative estimate of drug-likeness (QED) is 0.0998. The maximum absolute atomic E-state index is 3.22. The van der Waals surface area contributed by atoms with E-state index in [1.54, 1.807) is 0 Å². The molecule has 2 aliphatic rings. The highest BCUT2D eigenvalue weighted by Crippen LogP contribution is 2.51. The molecule has 0 saturated carbocycles. The highest BCUT2D eigenvalue weighted by molar-refractivity contribution is 7.33. The van der Waals surface area contributed by atoms with Crippen LogP contribution in [0.25, 0.3) is 21.2 Å². The Morgan fingerprint density at radius 2 is 0.800 bits per heavy atom. The molecule has 90 heavy (non-hydrogen) atoms. The maximum Gasteiger partial charge on any atom is 0.264 e. The van der Waals surface area contributed by atoms with Crippen LogP contribution in [0.4, 0.5) is 51.2 Å². The first-order valence-corrected chi connectivity index (χ1v) is 34.9. The van der Waals surface area contributed by atoms with Gasteiger partial charge < -0.3 is 14.7 Å². The van der Waals surface area contributed by atoms with Crippen molar-refractivity contribution in [2.45, 2.75) is 105 Å². The highest BCUT2D eigenvalue weighted by Gasteiger charge is 2.49. The minimum absolute atomic E-state index is 0.0154. The second-order valence-electron chi connectivity index (χ2n) is 29.0. The van der Waals surface area contributed by atoms with Crippen molar-refractivity contribution in [1.29, 1.82) is 0 Å². The van der Waals surface area contributed by atoms with Gasteiger partial charge in [0.2, 0.25) is 0 Å². The largest absolute Gasteiger partial charge is 0.311 e. The summed E-state index contributed by atoms with van der Waals surface area (Å²) in [6.45, 7) is 27.8. The topological polar surface area (TPSA) is 9.72 Å². The Hall–Kier alpha value is -8.94. The van der Waals surface area contributed by atoms with E-state index in [9.17, 15) is 0 Å². The summed E-state index contributed by atoms with van der Waals surface area (Å²) in [5.74, 6) is 0. The van der Waals surface area contributed by atoms with Gasteiger partial charge >= 0.3 is 0 Å². The lowest BCUT2D eigenvalue weighted by Gasteiger charge is -2.45. The van der Waals surface area contributed by atoms with Gasteiger partial charge in [-0.15, -0.1) is 11.3 Å². The summed E-state index contributed by atoms with van der Waals surface area (Å²) in [4.78, 5) is 7.86. The van der Waals surface area contributed by atoms with Crippen molar-refractivity contribution in [2.75, 3.05) is 14.7 Å². The zero-order valence-corrected chi connectivity index (χ0v) is 56.0. The van der Waals surface area contributed by atoms with Gasteiger partial charge in [-0.05, 0) is 160 Å². The molecule has 12 aromatic rings. The van der Waals surface area contributed by atoms with Crippen LogP contribution in [-0.2, 0) is 21.7 Å². The molecule has 3 nitrogen and oxygen atoms in total. The van der Waals surface area contributed by atoms with Crippen LogP contribution in [0.15, 0.2) is 267 Å². The van der Waals surface area contributed by atoms with Crippen LogP contribution in [0.2, 0.25) is 0 Å². The van der Waals surface area contributed by atoms with Gasteiger partial charge in [0, 0.05) is 60.2 Å². The lowest BCUT2D eigenvalue weighted by atomic mass is 9.36. The molecule has 2 aliphatic heterocycles. The minimum atomic E-state index is -3.22. The Labute approximate surface area is 540 Å². The van der Waals surface area contributed by atoms with Gasteiger partial charge in [0.05, 0.1) is 11.4 Å². The third kappa shape index (κ3) is 10.1. The fourth-order valence-corrected chi connectivity index (χ4v) is 20.3. The van der Waals surface area contributed by atoms with Gasteiger partial charge in [0.25, 0.3) is 6.71 Å². The van der Waals surface area contributed by atoms with Crippen LogP contribution in [0, 0.1) is 0 Å². The molecule has 0 fully saturated rings. The van der Waals surface area contributed by atoms with Crippen molar-refractivity contribution in [3.05, 3.63) is 289 Å². The Morgan fingerprint density at radius 3 is 1.31 bits per heavy atom. The molecule has 6 heteroatoms. The fraction of sp³-hybridized carbons (Fsp3) is 0.190. The van der Waals surface area contributed by atoms with Crippen LogP contribution in [0.3, 0.4) is 0 Å². The van der Waals surface area contributed by atoms with Crippen molar-refractivity contribution in [1.82, 2.24) is 0 Å². The smallest absolute Gasteiger partial charge is 0.264 e. The molecule has 0 spiro atoms. The molecule has 0 aliphatic carbocycles. The van der Waals surface area contributed by atoms with E-state index < -0.39 is 8.07 Å². The van der Waals surface area contributed by atoms with Crippen molar-refractivity contribution in [2.24, 2.45) is 0 Å². The van der Waals surface area contributed by atoms with Crippen LogP contribution >= 0.6 is 11.3 Å². The normalized spacial score (nSPS) is 13.3. The summed E-state index contributed by atoms with van der Waals surface area (Å²) in [5.41, 5.74) is 20.4. The van der Waals surface area contributed by atoms with Gasteiger partial charge in [-0.2, -0.15) is 0 Å². The number of hydrogen-bond donors (Lipinski definition) is 0. The van der Waals surface area contributed by atoms with Crippen LogP contribution in [0.1, 0.15) is 105 Å². The number of benzene rings is 11. The third-order valence-electron chi connectivity index (χ3n) is 19.0. The van der Waals surface area contributed by atoms with Crippen molar-refractivity contribution in [3.8, 4) is 11.1 Å². The van der Waals surface area contributed by atoms with E-state index in [2.05, 4.69) is 365 Å². The molecule has 1 aromatic heterocycles. The zero-order chi connectivity index (χ0) is 62.5. The molecule has 0 atom stereocenters. The average molecular weight is 1200 g/mol. The zero-order valence-electron chi connectivity index (χ0n) is 54.2. The summed E-state index contributed by atoms with van der Waals surface area (Å²) >= 11 is 1.97. The first-order chi connectivity index (χ1) is 43.2. The number of nitrogens with zero attached hydrogens (tertiary/aromatic N) is 3. The van der Waals surface area contributed by atoms with Gasteiger partial charge in [-0.1, -0.05) is 271 Å². The summed E-state index contributed by atoms with van der Waals surface area (Å²) in [5, 5.41) is 6.62. The molecular weight excluding hydrogens is 1120 g/mol. The monoisotopic (exact) mass is 1200 g/mol. The first-order valence-electron chi connectivity index (χ1n) is 32.1. The Morgan fingerprint density at radius 1 is 0.367 bits per heavy atom. The summed E-state index contributed by atoms with van der Waals surface area (Å²) < 4.78 is 2.65. The van der Waals surface area contributed by atoms with E-state index in [1.165, 1.54) is 103 Å². The van der Waals surface area contributed by atoms with E-state index in [-0.39, 0.29) is 28.4 Å². The van der Waals surface area contributed by atoms with Crippen LogP contribution in [-0.4, -0.2) is 14.8 Å². The molecule has 0 radical (unpaired) electrons. The van der Waals surface area contributed by atoms with E-state index >= 15 is 0 Å². The lowest BCUT2D eigenvalue weighted by Crippen LogP contribution is -2.75. The predicted octanol–water partition coefficient (Wildman–Crippen LogP) is 18.7. The highest BCUT2D eigenvalue weighted by atomic mass is 32.1. The van der Waals surface area contributed by atoms with Gasteiger partial charge in [-0.25, -0.2) is 0 Å². The van der Waals surface area contributed by atoms with E-state index in [1.807, 2.05) is 11.3 Å². The van der Waals surface area contributed by atoms with Gasteiger partial charge in [-0.3, -0.25) is 0 Å². The van der Waals surface area contributed by atoms with Crippen molar-refractivity contribution in [3.63, 3.8) is 0 Å². The third-order valence-corrected chi connectivity index (χ3v) is 25.0. The number of anilines is 9. The first kappa shape index (κ1) is 58.7. The molecule has 14 rings (SSSR count). The summed E-state index contributed by atoms with van der Waals surface area (Å²) in [7, 11) is -3.22. The Kier molecular flexibility index (Phi) is 14.5. The number of thiophene rings is 1. The molecule has 444 valence electrons. The van der Waals surface area contributed by atoms with Gasteiger partial charge in [0.1, 0.15) is 0 Å². The standard InChI is InChI=1S/C84H80BN3SSi/c1-81(2,3)58-37-44-62(45-38-58)86(73-36-26-25-35-70(73)57-27-17-13-18-28-57)65-50-51-72-74(54-65)87(63-46-39-59(40-47-63)82(4,5)6)75-55-69(90(66-29-19-14-20-30-66,67-31-21-15-22-32-67)68-33-23-16-24-34-68)56-76-78(75)85(72)80-79(71-53-61(84(10,11)12)43-52-77(71)89-80)88(76)64-48-41-60(42-49-64)83(7,8)9/h13-56H,1-12H3. The summed E-state index contributed by atoms with van der Waals surface area (Å²) in [6, 6.07) is 103. The fourth-order valence-electron chi connectivity index (χ4n) is 14.2. The average Bonchev–Trinajstić information content (AvgIpc) is 1.17. The molecule has 0 bridgehead atoms. The van der Waals surface area contributed by atoms with E-state index in [0.29, 0.717) is 0 Å². The number of para-hydroxylation sites is 1. The lowest BCUT2D eigenvalue weighted by molar-refractivity contribution is 0.590. The van der Waals surface area contributed by atoms with Crippen LogP contribution < -0.4 is 51.1 Å². The summed E-state index contributed by atoms with van der Waals surface area (Å²) in [6.07, 6.45) is 0. The van der Waals surface area contributed by atoms with Crippen LogP contribution in [0.5, 0.6) is 0 Å². The maximum atomic E-state index is 2.69. The van der Waals surface area contributed by atoms with E-state index in [0.717, 1.165) is 28.4 Å². The number of rotatable bonds is 10. The van der Waals surface area contributed by atoms with Crippen molar-refractivity contribution < 1.29 is 0 Å². The minimum Gasteiger partial charge on any atom is -0.311 e. The molecule has 0 saturated heterocycles. The second kappa shape index (κ2) is 22.2. The molecule has 0 unspecified atom stereocenters.